The number of hydrogen-bond acceptors (Lipinski definition) is 1. The van der Waals surface area contributed by atoms with E-state index < -0.39 is 0 Å². The van der Waals surface area contributed by atoms with Crippen LogP contribution >= 0.6 is 0 Å². The molecule has 7 aromatic carbocycles. The number of hydrogen-bond donors (Lipinski definition) is 0. The van der Waals surface area contributed by atoms with E-state index in [1.54, 1.807) is 0 Å². The summed E-state index contributed by atoms with van der Waals surface area (Å²) in [6, 6.07) is 62.9. The van der Waals surface area contributed by atoms with Crippen molar-refractivity contribution in [2.75, 3.05) is 7.05 Å². The van der Waals surface area contributed by atoms with Gasteiger partial charge in [-0.25, -0.2) is 9.57 Å². The Balaban J connectivity index is 1.07. The minimum absolute atomic E-state index is 0.989. The molecule has 2 heterocycles. The van der Waals surface area contributed by atoms with Gasteiger partial charge in [-0.15, -0.1) is 0 Å². The van der Waals surface area contributed by atoms with Gasteiger partial charge < -0.3 is 4.57 Å². The number of fused-ring (bicyclic) bond motifs is 3. The van der Waals surface area contributed by atoms with Crippen molar-refractivity contribution in [3.63, 3.8) is 0 Å². The summed E-state index contributed by atoms with van der Waals surface area (Å²) in [4.78, 5) is 2.17. The van der Waals surface area contributed by atoms with Gasteiger partial charge in [0.1, 0.15) is 0 Å². The Morgan fingerprint density at radius 1 is 0.354 bits per heavy atom. The average molecular weight is 615 g/mol. The maximum Gasteiger partial charge on any atom is 0.327 e. The molecule has 3 heteroatoms. The van der Waals surface area contributed by atoms with Crippen LogP contribution in [0.1, 0.15) is 11.1 Å². The lowest BCUT2D eigenvalue weighted by atomic mass is 9.89. The number of para-hydroxylation sites is 2. The summed E-state index contributed by atoms with van der Waals surface area (Å²) in [7, 11) is 2.08. The lowest BCUT2D eigenvalue weighted by Crippen LogP contribution is -2.46. The molecule has 3 nitrogen and oxygen atoms in total. The zero-order valence-corrected chi connectivity index (χ0v) is 26.6. The van der Waals surface area contributed by atoms with E-state index >= 15 is 0 Å². The fourth-order valence-corrected chi connectivity index (χ4v) is 7.14. The summed E-state index contributed by atoms with van der Waals surface area (Å²) >= 11 is 0. The third-order valence-electron chi connectivity index (χ3n) is 9.49. The van der Waals surface area contributed by atoms with Gasteiger partial charge in [-0.05, 0) is 81.9 Å². The number of amidine groups is 2. The van der Waals surface area contributed by atoms with Gasteiger partial charge in [-0.3, -0.25) is 0 Å². The van der Waals surface area contributed by atoms with Gasteiger partial charge in [-0.2, -0.15) is 0 Å². The minimum Gasteiger partial charge on any atom is -0.309 e. The second-order valence-corrected chi connectivity index (χ2v) is 12.3. The summed E-state index contributed by atoms with van der Waals surface area (Å²) < 4.78 is 7.23. The molecule has 226 valence electrons. The zero-order valence-electron chi connectivity index (χ0n) is 26.6. The van der Waals surface area contributed by atoms with Gasteiger partial charge in [0.25, 0.3) is 0 Å². The maximum absolute atomic E-state index is 4.87. The van der Waals surface area contributed by atoms with Crippen LogP contribution in [0.2, 0.25) is 0 Å². The highest BCUT2D eigenvalue weighted by atomic mass is 15.3. The van der Waals surface area contributed by atoms with E-state index in [-0.39, 0.29) is 0 Å². The summed E-state index contributed by atoms with van der Waals surface area (Å²) in [6.45, 7) is 0. The average Bonchev–Trinajstić information content (AvgIpc) is 3.49. The Hall–Kier alpha value is -6.41. The first-order valence-electron chi connectivity index (χ1n) is 16.4. The third-order valence-corrected chi connectivity index (χ3v) is 9.49. The Labute approximate surface area is 280 Å². The SMILES string of the molecule is CN1C(c2ccccc2)=[N+]=C1c1ccc(-c2ccccc2-c2ccccc2-c2ccc(-n3c4ccccc4c4ccccc43)cc2)cc1. The molecule has 0 radical (unpaired) electrons. The first kappa shape index (κ1) is 27.9. The molecule has 1 aliphatic heterocycles. The van der Waals surface area contributed by atoms with E-state index in [1.165, 1.54) is 55.2 Å². The fourth-order valence-electron chi connectivity index (χ4n) is 7.14. The Bertz CT molecular complexity index is 2480. The molecule has 9 rings (SSSR count). The van der Waals surface area contributed by atoms with E-state index in [0.717, 1.165) is 28.5 Å². The highest BCUT2D eigenvalue weighted by Gasteiger charge is 2.33. The molecule has 1 aromatic heterocycles. The molecule has 0 saturated carbocycles. The molecule has 8 aromatic rings. The van der Waals surface area contributed by atoms with E-state index in [0.29, 0.717) is 0 Å². The van der Waals surface area contributed by atoms with Gasteiger partial charge in [0.2, 0.25) is 0 Å². The van der Waals surface area contributed by atoms with Gasteiger partial charge in [-0.1, -0.05) is 127 Å². The Morgan fingerprint density at radius 2 is 0.750 bits per heavy atom. The number of benzene rings is 7. The van der Waals surface area contributed by atoms with Crippen molar-refractivity contribution in [3.05, 3.63) is 187 Å². The van der Waals surface area contributed by atoms with E-state index in [2.05, 4.69) is 186 Å². The van der Waals surface area contributed by atoms with Crippen LogP contribution in [0.3, 0.4) is 0 Å². The fraction of sp³-hybridized carbons (Fsp3) is 0.0222. The van der Waals surface area contributed by atoms with Crippen molar-refractivity contribution in [1.29, 1.82) is 0 Å². The normalized spacial score (nSPS) is 12.6. The summed E-state index contributed by atoms with van der Waals surface area (Å²) in [5.74, 6) is 1.99. The van der Waals surface area contributed by atoms with Crippen LogP contribution in [-0.2, 0) is 0 Å². The third kappa shape index (κ3) is 4.57. The summed E-state index contributed by atoms with van der Waals surface area (Å²) in [6.07, 6.45) is 0. The van der Waals surface area contributed by atoms with Crippen molar-refractivity contribution in [2.45, 2.75) is 0 Å². The van der Waals surface area contributed by atoms with Crippen LogP contribution in [-0.4, -0.2) is 28.2 Å². The van der Waals surface area contributed by atoms with Crippen molar-refractivity contribution in [3.8, 4) is 39.1 Å². The van der Waals surface area contributed by atoms with Gasteiger partial charge >= 0.3 is 11.7 Å². The molecule has 0 spiro atoms. The first-order valence-corrected chi connectivity index (χ1v) is 16.4. The van der Waals surface area contributed by atoms with Crippen LogP contribution in [0.5, 0.6) is 0 Å². The van der Waals surface area contributed by atoms with Crippen LogP contribution in [0.25, 0.3) is 60.9 Å². The summed E-state index contributed by atoms with van der Waals surface area (Å²) in [5, 5.41) is 2.55. The van der Waals surface area contributed by atoms with Crippen molar-refractivity contribution < 1.29 is 0 Å². The van der Waals surface area contributed by atoms with E-state index in [4.69, 9.17) is 4.67 Å². The van der Waals surface area contributed by atoms with Gasteiger partial charge in [0.05, 0.1) is 29.2 Å². The monoisotopic (exact) mass is 614 g/mol. The van der Waals surface area contributed by atoms with Crippen LogP contribution in [0, 0.1) is 0 Å². The minimum atomic E-state index is 0.989. The molecule has 0 fully saturated rings. The van der Waals surface area contributed by atoms with Crippen LogP contribution < -0.4 is 4.67 Å². The molecular formula is C45H32N3+. The highest BCUT2D eigenvalue weighted by molar-refractivity contribution is 6.21. The lowest BCUT2D eigenvalue weighted by molar-refractivity contribution is 0.713. The van der Waals surface area contributed by atoms with Crippen LogP contribution in [0.4, 0.5) is 0 Å². The molecular weight excluding hydrogens is 583 g/mol. The molecule has 0 atom stereocenters. The van der Waals surface area contributed by atoms with E-state index in [9.17, 15) is 0 Å². The largest absolute Gasteiger partial charge is 0.327 e. The van der Waals surface area contributed by atoms with Crippen molar-refractivity contribution in [1.82, 2.24) is 14.1 Å². The highest BCUT2D eigenvalue weighted by Crippen LogP contribution is 2.39. The summed E-state index contributed by atoms with van der Waals surface area (Å²) in [5.41, 5.74) is 13.1. The lowest BCUT2D eigenvalue weighted by Gasteiger charge is -2.19. The maximum atomic E-state index is 4.87. The molecule has 0 saturated heterocycles. The molecule has 0 amide bonds. The molecule has 0 unspecified atom stereocenters. The second-order valence-electron chi connectivity index (χ2n) is 12.3. The predicted octanol–water partition coefficient (Wildman–Crippen LogP) is 9.99. The van der Waals surface area contributed by atoms with E-state index in [1.807, 2.05) is 6.07 Å². The molecule has 0 aliphatic carbocycles. The van der Waals surface area contributed by atoms with Gasteiger partial charge in [0, 0.05) is 16.5 Å². The van der Waals surface area contributed by atoms with Gasteiger partial charge in [0.15, 0.2) is 0 Å². The van der Waals surface area contributed by atoms with Crippen molar-refractivity contribution in [2.24, 2.45) is 0 Å². The smallest absolute Gasteiger partial charge is 0.309 e. The first-order chi connectivity index (χ1) is 23.7. The van der Waals surface area contributed by atoms with Crippen LogP contribution in [0.15, 0.2) is 176 Å². The number of rotatable bonds is 6. The molecule has 0 N–H and O–H groups in total. The second kappa shape index (κ2) is 11.4. The Morgan fingerprint density at radius 3 is 1.27 bits per heavy atom. The zero-order chi connectivity index (χ0) is 32.0. The standard InChI is InChI=1S/C45H32N3/c1-47-44(33-13-3-2-4-14-33)46-45(47)34-25-23-31(24-26-34)36-15-5-7-17-38(36)39-18-8-6-16-37(39)32-27-29-35(30-28-32)48-42-21-11-9-19-40(42)41-20-10-12-22-43(41)48/h2-30H,1H3/q+1. The Kier molecular flexibility index (Phi) is 6.64. The topological polar surface area (TPSA) is 22.3 Å². The van der Waals surface area contributed by atoms with Crippen molar-refractivity contribution >= 4 is 33.5 Å². The number of nitrogens with zero attached hydrogens (tertiary/aromatic N) is 3. The molecule has 0 bridgehead atoms. The quantitative estimate of drug-likeness (QED) is 0.171. The predicted molar refractivity (Wildman–Crippen MR) is 202 cm³/mol. The number of aromatic nitrogens is 1. The molecule has 1 aliphatic rings. The molecule has 48 heavy (non-hydrogen) atoms.